The van der Waals surface area contributed by atoms with Crippen molar-refractivity contribution >= 4 is 11.8 Å². The minimum absolute atomic E-state index is 0.241. The van der Waals surface area contributed by atoms with E-state index in [0.29, 0.717) is 42.8 Å². The molecule has 4 heterocycles. The van der Waals surface area contributed by atoms with Gasteiger partial charge in [0.15, 0.2) is 0 Å². The quantitative estimate of drug-likeness (QED) is 0.744. The zero-order chi connectivity index (χ0) is 20.5. The molecule has 30 heavy (non-hydrogen) atoms. The Kier molecular flexibility index (Phi) is 5.79. The van der Waals surface area contributed by atoms with Gasteiger partial charge in [-0.25, -0.2) is 0 Å². The van der Waals surface area contributed by atoms with E-state index in [0.717, 1.165) is 44.7 Å². The second-order valence-corrected chi connectivity index (χ2v) is 10.1. The van der Waals surface area contributed by atoms with Gasteiger partial charge in [0.05, 0.1) is 0 Å². The first-order valence-corrected chi connectivity index (χ1v) is 12.1. The smallest absolute Gasteiger partial charge is 0.224 e. The fourth-order valence-corrected chi connectivity index (χ4v) is 6.77. The highest BCUT2D eigenvalue weighted by atomic mass is 16.2. The maximum atomic E-state index is 13.0. The van der Waals surface area contributed by atoms with Gasteiger partial charge in [-0.05, 0) is 43.4 Å². The van der Waals surface area contributed by atoms with Gasteiger partial charge in [-0.2, -0.15) is 0 Å². The lowest BCUT2D eigenvalue weighted by Gasteiger charge is -2.57. The topological polar surface area (TPSA) is 71.3 Å². The Bertz CT molecular complexity index is 745. The van der Waals surface area contributed by atoms with Crippen LogP contribution in [0.3, 0.4) is 0 Å². The van der Waals surface area contributed by atoms with Crippen molar-refractivity contribution in [2.24, 2.45) is 17.8 Å². The number of nitrogens with zero attached hydrogens (tertiary/aromatic N) is 5. The number of hydrogen-bond donors (Lipinski definition) is 0. The third-order valence-electron chi connectivity index (χ3n) is 8.20. The number of hydrogen-bond acceptors (Lipinski definition) is 4. The zero-order valence-corrected chi connectivity index (χ0v) is 18.0. The summed E-state index contributed by atoms with van der Waals surface area (Å²) in [7, 11) is 0. The molecular formula is C23H35N5O2. The number of likely N-dealkylation sites (tertiary alicyclic amines) is 1. The van der Waals surface area contributed by atoms with Gasteiger partial charge in [-0.3, -0.25) is 9.59 Å². The van der Waals surface area contributed by atoms with E-state index in [1.165, 1.54) is 38.5 Å². The maximum Gasteiger partial charge on any atom is 0.224 e. The highest BCUT2D eigenvalue weighted by Crippen LogP contribution is 2.44. The molecule has 0 radical (unpaired) electrons. The fourth-order valence-electron chi connectivity index (χ4n) is 6.77. The van der Waals surface area contributed by atoms with Crippen LogP contribution in [0, 0.1) is 17.8 Å². The summed E-state index contributed by atoms with van der Waals surface area (Å²) in [5, 5.41) is 7.65. The largest absolute Gasteiger partial charge is 0.342 e. The molecule has 1 aromatic heterocycles. The molecule has 0 spiro atoms. The first-order chi connectivity index (χ1) is 14.7. The molecule has 4 atom stereocenters. The Morgan fingerprint density at radius 3 is 2.57 bits per heavy atom. The van der Waals surface area contributed by atoms with Crippen molar-refractivity contribution in [3.63, 3.8) is 0 Å². The van der Waals surface area contributed by atoms with Crippen LogP contribution in [0.1, 0.15) is 70.6 Å². The molecular weight excluding hydrogens is 378 g/mol. The molecule has 4 aliphatic rings. The van der Waals surface area contributed by atoms with Gasteiger partial charge in [-0.15, -0.1) is 10.2 Å². The van der Waals surface area contributed by atoms with E-state index < -0.39 is 0 Å². The van der Waals surface area contributed by atoms with Gasteiger partial charge in [0.2, 0.25) is 11.8 Å². The predicted molar refractivity (Wildman–Crippen MR) is 112 cm³/mol. The van der Waals surface area contributed by atoms with Crippen molar-refractivity contribution in [2.45, 2.75) is 89.3 Å². The molecule has 1 aliphatic carbocycles. The van der Waals surface area contributed by atoms with Crippen molar-refractivity contribution in [1.29, 1.82) is 0 Å². The van der Waals surface area contributed by atoms with Crippen LogP contribution >= 0.6 is 0 Å². The Balaban J connectivity index is 1.31. The third-order valence-corrected chi connectivity index (χ3v) is 8.20. The summed E-state index contributed by atoms with van der Waals surface area (Å²) in [4.78, 5) is 30.5. The average molecular weight is 414 g/mol. The van der Waals surface area contributed by atoms with E-state index in [4.69, 9.17) is 0 Å². The summed E-state index contributed by atoms with van der Waals surface area (Å²) in [5.74, 6) is 2.28. The summed E-state index contributed by atoms with van der Waals surface area (Å²) in [5.41, 5.74) is 0. The number of carbonyl (C=O) groups is 2. The number of carbonyl (C=O) groups excluding carboxylic acids is 2. The number of rotatable bonds is 5. The summed E-state index contributed by atoms with van der Waals surface area (Å²) in [6.07, 6.45) is 15.7. The Morgan fingerprint density at radius 1 is 1.00 bits per heavy atom. The summed E-state index contributed by atoms with van der Waals surface area (Å²) < 4.78 is 1.87. The Labute approximate surface area is 179 Å². The van der Waals surface area contributed by atoms with E-state index in [9.17, 15) is 9.59 Å². The van der Waals surface area contributed by atoms with E-state index in [1.54, 1.807) is 12.7 Å². The molecule has 1 aromatic rings. The monoisotopic (exact) mass is 413 g/mol. The lowest BCUT2D eigenvalue weighted by Crippen LogP contribution is -2.65. The lowest BCUT2D eigenvalue weighted by atomic mass is 9.69. The van der Waals surface area contributed by atoms with Crippen molar-refractivity contribution in [3.05, 3.63) is 12.7 Å². The average Bonchev–Trinajstić information content (AvgIpc) is 3.29. The molecule has 0 unspecified atom stereocenters. The molecule has 4 fully saturated rings. The summed E-state index contributed by atoms with van der Waals surface area (Å²) in [6.45, 7) is 2.28. The van der Waals surface area contributed by atoms with Crippen LogP contribution in [0.5, 0.6) is 0 Å². The number of fused-ring (bicyclic) bond motifs is 4. The van der Waals surface area contributed by atoms with Crippen LogP contribution < -0.4 is 0 Å². The molecule has 3 saturated heterocycles. The van der Waals surface area contributed by atoms with Crippen LogP contribution in [-0.4, -0.2) is 61.6 Å². The first kappa shape index (κ1) is 20.0. The molecule has 2 bridgehead atoms. The molecule has 7 heteroatoms. The van der Waals surface area contributed by atoms with Gasteiger partial charge < -0.3 is 14.4 Å². The third kappa shape index (κ3) is 4.00. The standard InChI is InChI=1S/C23H35N5O2/c29-22(9-10-26-15-24-25-16-26)27-13-18-12-19(14-27)21(11-17-5-2-1-3-6-17)28-20(18)7-4-8-23(28)30/h15-21H,1-14H2/t18-,19+,20+,21+/m1/s1. The van der Waals surface area contributed by atoms with Crippen LogP contribution in [0.4, 0.5) is 0 Å². The van der Waals surface area contributed by atoms with Crippen LogP contribution in [0.15, 0.2) is 12.7 Å². The number of aromatic nitrogens is 3. The van der Waals surface area contributed by atoms with E-state index >= 15 is 0 Å². The van der Waals surface area contributed by atoms with Crippen LogP contribution in [0.25, 0.3) is 0 Å². The molecule has 0 aromatic carbocycles. The normalized spacial score (nSPS) is 32.2. The van der Waals surface area contributed by atoms with E-state index in [1.807, 2.05) is 4.57 Å². The highest BCUT2D eigenvalue weighted by molar-refractivity contribution is 5.78. The second-order valence-electron chi connectivity index (χ2n) is 10.1. The van der Waals surface area contributed by atoms with E-state index in [-0.39, 0.29) is 5.91 Å². The Morgan fingerprint density at radius 2 is 1.77 bits per heavy atom. The van der Waals surface area contributed by atoms with Crippen molar-refractivity contribution in [2.75, 3.05) is 13.1 Å². The molecule has 5 rings (SSSR count). The fraction of sp³-hybridized carbons (Fsp3) is 0.826. The highest BCUT2D eigenvalue weighted by Gasteiger charge is 2.50. The maximum absolute atomic E-state index is 13.0. The van der Waals surface area contributed by atoms with Crippen molar-refractivity contribution in [1.82, 2.24) is 24.6 Å². The minimum atomic E-state index is 0.241. The lowest BCUT2D eigenvalue weighted by molar-refractivity contribution is -0.157. The van der Waals surface area contributed by atoms with Crippen LogP contribution in [0.2, 0.25) is 0 Å². The minimum Gasteiger partial charge on any atom is -0.342 e. The van der Waals surface area contributed by atoms with Gasteiger partial charge in [0, 0.05) is 44.6 Å². The molecule has 3 aliphatic heterocycles. The van der Waals surface area contributed by atoms with Gasteiger partial charge >= 0.3 is 0 Å². The SMILES string of the molecule is O=C(CCn1cnnc1)N1C[C@H]2C[C@@H](C1)[C@H](CC1CCCCC1)N1C(=O)CCC[C@@H]21. The van der Waals surface area contributed by atoms with E-state index in [2.05, 4.69) is 20.0 Å². The van der Waals surface area contributed by atoms with Crippen LogP contribution in [-0.2, 0) is 16.1 Å². The molecule has 164 valence electrons. The van der Waals surface area contributed by atoms with Gasteiger partial charge in [0.25, 0.3) is 0 Å². The zero-order valence-electron chi connectivity index (χ0n) is 18.0. The van der Waals surface area contributed by atoms with Crippen molar-refractivity contribution in [3.8, 4) is 0 Å². The molecule has 2 amide bonds. The number of piperidine rings is 3. The molecule has 0 N–H and O–H groups in total. The van der Waals surface area contributed by atoms with Gasteiger partial charge in [-0.1, -0.05) is 32.1 Å². The number of aryl methyl sites for hydroxylation is 1. The number of amides is 2. The predicted octanol–water partition coefficient (Wildman–Crippen LogP) is 2.87. The molecule has 1 saturated carbocycles. The second kappa shape index (κ2) is 8.67. The first-order valence-electron chi connectivity index (χ1n) is 12.1. The summed E-state index contributed by atoms with van der Waals surface area (Å²) in [6, 6.07) is 0.695. The summed E-state index contributed by atoms with van der Waals surface area (Å²) >= 11 is 0. The van der Waals surface area contributed by atoms with Gasteiger partial charge in [0.1, 0.15) is 12.7 Å². The molecule has 7 nitrogen and oxygen atoms in total. The Hall–Kier alpha value is -1.92. The van der Waals surface area contributed by atoms with Crippen molar-refractivity contribution < 1.29 is 9.59 Å².